The van der Waals surface area contributed by atoms with Crippen LogP contribution in [0.25, 0.3) is 10.9 Å². The van der Waals surface area contributed by atoms with Crippen LogP contribution in [0, 0.1) is 18.8 Å². The molecule has 2 radical (unpaired) electrons. The molecule has 2 amide bonds. The molecule has 0 bridgehead atoms. The number of aromatic nitrogens is 1. The minimum Gasteiger partial charge on any atom is -0.444 e. The van der Waals surface area contributed by atoms with E-state index in [1.165, 1.54) is 5.56 Å². The first-order valence-corrected chi connectivity index (χ1v) is 16.6. The summed E-state index contributed by atoms with van der Waals surface area (Å²) in [6, 6.07) is 6.03. The summed E-state index contributed by atoms with van der Waals surface area (Å²) in [5, 5.41) is 1.20. The van der Waals surface area contributed by atoms with Crippen molar-refractivity contribution in [3.05, 3.63) is 35.5 Å². The molecule has 2 atom stereocenters. The topological polar surface area (TPSA) is 73.2 Å². The van der Waals surface area contributed by atoms with Gasteiger partial charge in [0.2, 0.25) is 9.76 Å². The second kappa shape index (κ2) is 13.7. The lowest BCUT2D eigenvalue weighted by Crippen LogP contribution is -2.47. The number of hydrogen-bond acceptors (Lipinski definition) is 5. The molecule has 8 nitrogen and oxygen atoms in total. The Morgan fingerprint density at radius 3 is 2.33 bits per heavy atom. The number of carbonyl (C=O) groups is 2. The van der Waals surface area contributed by atoms with Crippen LogP contribution in [0.5, 0.6) is 0 Å². The quantitative estimate of drug-likeness (QED) is 0.203. The smallest absolute Gasteiger partial charge is 0.410 e. The number of hydrogen-bond donors (Lipinski definition) is 0. The first-order valence-electron chi connectivity index (χ1n) is 15.7. The molecule has 1 aromatic carbocycles. The van der Waals surface area contributed by atoms with Gasteiger partial charge in [-0.15, -0.1) is 0 Å². The average Bonchev–Trinajstić information content (AvgIpc) is 3.46. The highest BCUT2D eigenvalue weighted by Crippen LogP contribution is 2.38. The zero-order valence-corrected chi connectivity index (χ0v) is 29.7. The van der Waals surface area contributed by atoms with Crippen molar-refractivity contribution >= 4 is 32.7 Å². The molecule has 1 aliphatic heterocycles. The Morgan fingerprint density at radius 1 is 1.07 bits per heavy atom. The molecule has 2 aromatic rings. The van der Waals surface area contributed by atoms with Crippen molar-refractivity contribution in [1.29, 1.82) is 0 Å². The summed E-state index contributed by atoms with van der Waals surface area (Å²) < 4.78 is 19.8. The van der Waals surface area contributed by atoms with Gasteiger partial charge in [0.05, 0.1) is 5.60 Å². The number of amides is 2. The molecule has 1 saturated heterocycles. The van der Waals surface area contributed by atoms with E-state index in [1.807, 2.05) is 37.8 Å². The van der Waals surface area contributed by atoms with Crippen molar-refractivity contribution in [2.75, 3.05) is 33.4 Å². The molecular weight excluding hydrogens is 558 g/mol. The molecule has 0 spiro atoms. The van der Waals surface area contributed by atoms with Crippen LogP contribution in [0.4, 0.5) is 4.79 Å². The van der Waals surface area contributed by atoms with Gasteiger partial charge in [-0.2, -0.15) is 0 Å². The fourth-order valence-electron chi connectivity index (χ4n) is 5.80. The van der Waals surface area contributed by atoms with Gasteiger partial charge in [-0.05, 0) is 84.5 Å². The predicted octanol–water partition coefficient (Wildman–Crippen LogP) is 6.95. The number of likely N-dealkylation sites (tertiary alicyclic amines) is 1. The van der Waals surface area contributed by atoms with Crippen LogP contribution in [0.1, 0.15) is 91.6 Å². The number of aryl methyl sites for hydroxylation is 2. The lowest BCUT2D eigenvalue weighted by atomic mass is 9.82. The van der Waals surface area contributed by atoms with E-state index < -0.39 is 11.2 Å². The minimum absolute atomic E-state index is 0.00366. The van der Waals surface area contributed by atoms with Gasteiger partial charge < -0.3 is 28.3 Å². The summed E-state index contributed by atoms with van der Waals surface area (Å²) in [7, 11) is 2.03. The zero-order chi connectivity index (χ0) is 32.3. The summed E-state index contributed by atoms with van der Waals surface area (Å²) in [6.07, 6.45) is 2.75. The molecule has 3 rings (SSSR count). The first-order chi connectivity index (χ1) is 19.8. The maximum atomic E-state index is 14.2. The molecule has 9 heteroatoms. The summed E-state index contributed by atoms with van der Waals surface area (Å²) >= 11 is 0. The van der Waals surface area contributed by atoms with Crippen LogP contribution in [0.2, 0.25) is 5.04 Å². The van der Waals surface area contributed by atoms with Crippen LogP contribution >= 0.6 is 0 Å². The molecule has 1 aromatic heterocycles. The van der Waals surface area contributed by atoms with Crippen molar-refractivity contribution in [3.8, 4) is 0 Å². The zero-order valence-electron chi connectivity index (χ0n) is 28.7. The van der Waals surface area contributed by atoms with Gasteiger partial charge in [-0.1, -0.05) is 26.8 Å². The van der Waals surface area contributed by atoms with E-state index in [4.69, 9.17) is 13.9 Å². The maximum Gasteiger partial charge on any atom is 0.410 e. The third kappa shape index (κ3) is 9.32. The summed E-state index contributed by atoms with van der Waals surface area (Å²) in [5.74, 6) is 0.0681. The number of fused-ring (bicyclic) bond motifs is 1. The largest absolute Gasteiger partial charge is 0.444 e. The second-order valence-corrected chi connectivity index (χ2v) is 16.9. The molecule has 2 heterocycles. The van der Waals surface area contributed by atoms with Gasteiger partial charge in [0.25, 0.3) is 5.91 Å². The van der Waals surface area contributed by atoms with E-state index in [9.17, 15) is 9.59 Å². The Bertz CT molecular complexity index is 1260. The fourth-order valence-corrected chi connectivity index (χ4v) is 6.52. The van der Waals surface area contributed by atoms with Gasteiger partial charge >= 0.3 is 6.09 Å². The predicted molar refractivity (Wildman–Crippen MR) is 175 cm³/mol. The van der Waals surface area contributed by atoms with Crippen LogP contribution in [0.3, 0.4) is 0 Å². The monoisotopic (exact) mass is 613 g/mol. The van der Waals surface area contributed by atoms with E-state index in [0.29, 0.717) is 41.6 Å². The maximum absolute atomic E-state index is 14.2. The average molecular weight is 614 g/mol. The molecule has 240 valence electrons. The van der Waals surface area contributed by atoms with Gasteiger partial charge in [0.15, 0.2) is 0 Å². The van der Waals surface area contributed by atoms with Crippen molar-refractivity contribution in [2.45, 2.75) is 111 Å². The van der Waals surface area contributed by atoms with Crippen molar-refractivity contribution in [2.24, 2.45) is 11.8 Å². The van der Waals surface area contributed by atoms with E-state index in [1.54, 1.807) is 12.0 Å². The number of rotatable bonds is 11. The van der Waals surface area contributed by atoms with Crippen LogP contribution in [0.15, 0.2) is 24.4 Å². The molecular formula is C34H55N3O5Si. The Hall–Kier alpha value is -2.36. The number of benzene rings is 1. The van der Waals surface area contributed by atoms with E-state index >= 15 is 0 Å². The van der Waals surface area contributed by atoms with Gasteiger partial charge in [0, 0.05) is 80.4 Å². The summed E-state index contributed by atoms with van der Waals surface area (Å²) in [5.41, 5.74) is 1.87. The molecule has 0 saturated carbocycles. The first kappa shape index (κ1) is 35.1. The standard InChI is InChI=1S/C34H55N3O5Si/c1-23(2)37(30(38)25-14-15-27-24(3)19-35(29(27)18-25)16-13-17-40-12)21-26-20-36(31(39)41-32(4,5)6)22-28(26)34(10,11)42-43-33(7,8)9/h14-15,18-19,23,26,28H,13,16-17,20-22H2,1-12H3/t26-,28+/m0/s1. The Morgan fingerprint density at radius 2 is 1.74 bits per heavy atom. The third-order valence-corrected chi connectivity index (χ3v) is 9.24. The Balaban J connectivity index is 1.91. The fraction of sp³-hybridized carbons (Fsp3) is 0.706. The minimum atomic E-state index is -0.581. The Labute approximate surface area is 262 Å². The van der Waals surface area contributed by atoms with Gasteiger partial charge in [0.1, 0.15) is 5.60 Å². The molecule has 43 heavy (non-hydrogen) atoms. The number of methoxy groups -OCH3 is 1. The lowest BCUT2D eigenvalue weighted by Gasteiger charge is -2.39. The number of carbonyl (C=O) groups excluding carboxylic acids is 2. The molecule has 0 unspecified atom stereocenters. The highest BCUT2D eigenvalue weighted by atomic mass is 28.2. The number of ether oxygens (including phenoxy) is 2. The van der Waals surface area contributed by atoms with Crippen molar-refractivity contribution in [3.63, 3.8) is 0 Å². The third-order valence-electron chi connectivity index (χ3n) is 8.00. The lowest BCUT2D eigenvalue weighted by molar-refractivity contribution is 0.0139. The van der Waals surface area contributed by atoms with Gasteiger partial charge in [-0.3, -0.25) is 4.79 Å². The van der Waals surface area contributed by atoms with Gasteiger partial charge in [-0.25, -0.2) is 4.79 Å². The number of nitrogens with zero attached hydrogens (tertiary/aromatic N) is 3. The summed E-state index contributed by atoms with van der Waals surface area (Å²) in [4.78, 5) is 31.1. The molecule has 0 aliphatic carbocycles. The Kier molecular flexibility index (Phi) is 11.2. The van der Waals surface area contributed by atoms with Crippen LogP contribution in [-0.2, 0) is 20.4 Å². The molecule has 1 fully saturated rings. The van der Waals surface area contributed by atoms with Crippen molar-refractivity contribution < 1.29 is 23.5 Å². The SMILES string of the molecule is COCCCn1cc(C)c2ccc(C(=O)N(C[C@@H]3CN(C(=O)OC(C)(C)C)C[C@H]3C(C)(C)O[Si]C(C)(C)C)C(C)C)cc21. The van der Waals surface area contributed by atoms with E-state index in [-0.39, 0.29) is 34.9 Å². The molecule has 1 aliphatic rings. The molecule has 0 N–H and O–H groups in total. The highest BCUT2D eigenvalue weighted by Gasteiger charge is 2.46. The highest BCUT2D eigenvalue weighted by molar-refractivity contribution is 6.31. The van der Waals surface area contributed by atoms with Crippen molar-refractivity contribution in [1.82, 2.24) is 14.4 Å². The summed E-state index contributed by atoms with van der Waals surface area (Å²) in [6.45, 7) is 25.8. The van der Waals surface area contributed by atoms with E-state index in [2.05, 4.69) is 72.2 Å². The normalized spacial score (nSPS) is 18.1. The van der Waals surface area contributed by atoms with E-state index in [0.717, 1.165) is 23.9 Å². The van der Waals surface area contributed by atoms with Crippen LogP contribution in [-0.4, -0.2) is 86.7 Å². The second-order valence-electron chi connectivity index (χ2n) is 14.9. The van der Waals surface area contributed by atoms with Crippen LogP contribution < -0.4 is 0 Å².